The third-order valence-electron chi connectivity index (χ3n) is 4.96. The molecule has 2 fully saturated rings. The van der Waals surface area contributed by atoms with Gasteiger partial charge < -0.3 is 19.5 Å². The maximum Gasteiger partial charge on any atom is 0.293 e. The molecule has 1 aliphatic heterocycles. The van der Waals surface area contributed by atoms with Crippen molar-refractivity contribution in [1.82, 2.24) is 9.80 Å². The van der Waals surface area contributed by atoms with Gasteiger partial charge in [-0.3, -0.25) is 19.7 Å². The number of benzene rings is 1. The third-order valence-corrected chi connectivity index (χ3v) is 4.96. The number of nitro groups is 1. The van der Waals surface area contributed by atoms with Crippen LogP contribution >= 0.6 is 0 Å². The van der Waals surface area contributed by atoms with Gasteiger partial charge in [-0.15, -0.1) is 0 Å². The Labute approximate surface area is 161 Å². The first kappa shape index (κ1) is 18.0. The van der Waals surface area contributed by atoms with E-state index < -0.39 is 4.92 Å². The Kier molecular flexibility index (Phi) is 4.72. The summed E-state index contributed by atoms with van der Waals surface area (Å²) in [6.07, 6.45) is 3.44. The van der Waals surface area contributed by atoms with Gasteiger partial charge in [-0.2, -0.15) is 0 Å². The molecule has 1 N–H and O–H groups in total. The number of nitro benzene ring substituents is 1. The molecule has 146 valence electrons. The van der Waals surface area contributed by atoms with E-state index in [9.17, 15) is 19.7 Å². The summed E-state index contributed by atoms with van der Waals surface area (Å²) < 4.78 is 5.13. The largest absolute Gasteiger partial charge is 0.459 e. The Bertz CT molecular complexity index is 899. The summed E-state index contributed by atoms with van der Waals surface area (Å²) in [6.45, 7) is 1.49. The summed E-state index contributed by atoms with van der Waals surface area (Å²) in [5, 5.41) is 14.5. The molecule has 1 saturated heterocycles. The van der Waals surface area contributed by atoms with Crippen LogP contribution in [-0.4, -0.2) is 58.8 Å². The van der Waals surface area contributed by atoms with Gasteiger partial charge in [0.15, 0.2) is 5.76 Å². The van der Waals surface area contributed by atoms with Gasteiger partial charge in [-0.25, -0.2) is 0 Å². The van der Waals surface area contributed by atoms with E-state index >= 15 is 0 Å². The van der Waals surface area contributed by atoms with Crippen LogP contribution < -0.4 is 5.32 Å². The zero-order valence-electron chi connectivity index (χ0n) is 15.2. The monoisotopic (exact) mass is 384 g/mol. The van der Waals surface area contributed by atoms with Crippen LogP contribution in [0, 0.1) is 10.1 Å². The number of carbonyl (C=O) groups excluding carboxylic acids is 2. The van der Waals surface area contributed by atoms with Crippen LogP contribution in [-0.2, 0) is 0 Å². The number of hydrogen-bond acceptors (Lipinski definition) is 6. The van der Waals surface area contributed by atoms with E-state index in [0.29, 0.717) is 31.9 Å². The second-order valence-electron chi connectivity index (χ2n) is 6.97. The van der Waals surface area contributed by atoms with Gasteiger partial charge >= 0.3 is 0 Å². The average Bonchev–Trinajstić information content (AvgIpc) is 3.36. The number of anilines is 1. The lowest BCUT2D eigenvalue weighted by molar-refractivity contribution is -0.384. The topological polar surface area (TPSA) is 109 Å². The molecule has 2 aliphatic rings. The average molecular weight is 384 g/mol. The molecular formula is C19H20N4O5. The molecule has 1 aliphatic carbocycles. The molecule has 2 heterocycles. The van der Waals surface area contributed by atoms with Gasteiger partial charge in [-0.05, 0) is 37.1 Å². The number of hydrogen-bond donors (Lipinski definition) is 1. The molecule has 1 saturated carbocycles. The van der Waals surface area contributed by atoms with Crippen molar-refractivity contribution in [1.29, 1.82) is 0 Å². The molecule has 0 unspecified atom stereocenters. The Balaban J connectivity index is 1.43. The van der Waals surface area contributed by atoms with Crippen LogP contribution in [0.1, 0.15) is 33.8 Å². The molecule has 0 atom stereocenters. The summed E-state index contributed by atoms with van der Waals surface area (Å²) in [7, 11) is 0. The summed E-state index contributed by atoms with van der Waals surface area (Å²) in [5.41, 5.74) is 0.626. The highest BCUT2D eigenvalue weighted by molar-refractivity contribution is 5.96. The molecular weight excluding hydrogens is 364 g/mol. The van der Waals surface area contributed by atoms with Gasteiger partial charge in [0, 0.05) is 43.9 Å². The molecule has 1 aromatic heterocycles. The van der Waals surface area contributed by atoms with Crippen molar-refractivity contribution in [3.05, 3.63) is 58.0 Å². The van der Waals surface area contributed by atoms with Crippen LogP contribution in [0.5, 0.6) is 0 Å². The molecule has 4 rings (SSSR count). The van der Waals surface area contributed by atoms with Gasteiger partial charge in [0.05, 0.1) is 11.2 Å². The highest BCUT2D eigenvalue weighted by Crippen LogP contribution is 2.31. The van der Waals surface area contributed by atoms with Gasteiger partial charge in [-0.1, -0.05) is 0 Å². The van der Waals surface area contributed by atoms with Crippen molar-refractivity contribution in [2.24, 2.45) is 0 Å². The first-order chi connectivity index (χ1) is 13.5. The van der Waals surface area contributed by atoms with Crippen molar-refractivity contribution in [3.63, 3.8) is 0 Å². The van der Waals surface area contributed by atoms with Crippen molar-refractivity contribution in [2.75, 3.05) is 31.5 Å². The standard InChI is InChI=1S/C19H20N4O5/c24-18(13-3-6-15(20-14-4-5-14)16(12-13)23(26)27)21-7-9-22(10-8-21)19(25)17-2-1-11-28-17/h1-3,6,11-12,14,20H,4-5,7-10H2. The molecule has 9 heteroatoms. The summed E-state index contributed by atoms with van der Waals surface area (Å²) in [5.74, 6) is -0.205. The molecule has 2 amide bonds. The van der Waals surface area contributed by atoms with E-state index in [0.717, 1.165) is 12.8 Å². The number of piperazine rings is 1. The summed E-state index contributed by atoms with van der Waals surface area (Å²) in [6, 6.07) is 8.08. The van der Waals surface area contributed by atoms with E-state index in [1.165, 1.54) is 12.3 Å². The van der Waals surface area contributed by atoms with Crippen molar-refractivity contribution in [3.8, 4) is 0 Å². The molecule has 0 bridgehead atoms. The van der Waals surface area contributed by atoms with Crippen molar-refractivity contribution >= 4 is 23.2 Å². The fraction of sp³-hybridized carbons (Fsp3) is 0.368. The van der Waals surface area contributed by atoms with Crippen molar-refractivity contribution < 1.29 is 18.9 Å². The smallest absolute Gasteiger partial charge is 0.293 e. The first-order valence-electron chi connectivity index (χ1n) is 9.20. The quantitative estimate of drug-likeness (QED) is 0.626. The third kappa shape index (κ3) is 3.68. The number of nitrogens with zero attached hydrogens (tertiary/aromatic N) is 3. The van der Waals surface area contributed by atoms with E-state index in [1.54, 1.807) is 34.1 Å². The van der Waals surface area contributed by atoms with Crippen LogP contribution in [0.15, 0.2) is 41.0 Å². The predicted octanol–water partition coefficient (Wildman–Crippen LogP) is 2.36. The Morgan fingerprint density at radius 1 is 1.07 bits per heavy atom. The highest BCUT2D eigenvalue weighted by atomic mass is 16.6. The second-order valence-corrected chi connectivity index (χ2v) is 6.97. The minimum Gasteiger partial charge on any atom is -0.459 e. The number of carbonyl (C=O) groups is 2. The molecule has 9 nitrogen and oxygen atoms in total. The molecule has 0 radical (unpaired) electrons. The van der Waals surface area contributed by atoms with E-state index in [1.807, 2.05) is 0 Å². The zero-order valence-corrected chi connectivity index (χ0v) is 15.2. The van der Waals surface area contributed by atoms with E-state index in [-0.39, 0.29) is 34.9 Å². The highest BCUT2D eigenvalue weighted by Gasteiger charge is 2.29. The first-order valence-corrected chi connectivity index (χ1v) is 9.20. The van der Waals surface area contributed by atoms with Crippen LogP contribution in [0.2, 0.25) is 0 Å². The van der Waals surface area contributed by atoms with Crippen LogP contribution in [0.25, 0.3) is 0 Å². The second kappa shape index (κ2) is 7.34. The van der Waals surface area contributed by atoms with Gasteiger partial charge in [0.25, 0.3) is 17.5 Å². The lowest BCUT2D eigenvalue weighted by Crippen LogP contribution is -2.50. The van der Waals surface area contributed by atoms with E-state index in [2.05, 4.69) is 5.32 Å². The molecule has 28 heavy (non-hydrogen) atoms. The fourth-order valence-electron chi connectivity index (χ4n) is 3.24. The molecule has 1 aromatic carbocycles. The Hall–Kier alpha value is -3.36. The normalized spacial score (nSPS) is 16.7. The zero-order chi connectivity index (χ0) is 19.7. The summed E-state index contributed by atoms with van der Waals surface area (Å²) >= 11 is 0. The Morgan fingerprint density at radius 3 is 2.32 bits per heavy atom. The van der Waals surface area contributed by atoms with Gasteiger partial charge in [0.2, 0.25) is 0 Å². The predicted molar refractivity (Wildman–Crippen MR) is 100 cm³/mol. The maximum atomic E-state index is 12.8. The SMILES string of the molecule is O=C(c1ccc(NC2CC2)c([N+](=O)[O-])c1)N1CCN(C(=O)c2ccco2)CC1. The number of rotatable bonds is 5. The Morgan fingerprint density at radius 2 is 1.75 bits per heavy atom. The van der Waals surface area contributed by atoms with E-state index in [4.69, 9.17) is 4.42 Å². The summed E-state index contributed by atoms with van der Waals surface area (Å²) in [4.78, 5) is 39.3. The van der Waals surface area contributed by atoms with Crippen molar-refractivity contribution in [2.45, 2.75) is 18.9 Å². The maximum absolute atomic E-state index is 12.8. The molecule has 2 aromatic rings. The molecule has 0 spiro atoms. The fourth-order valence-corrected chi connectivity index (χ4v) is 3.24. The number of amides is 2. The lowest BCUT2D eigenvalue weighted by atomic mass is 10.1. The number of furan rings is 1. The van der Waals surface area contributed by atoms with Gasteiger partial charge in [0.1, 0.15) is 5.69 Å². The van der Waals surface area contributed by atoms with Crippen LogP contribution in [0.3, 0.4) is 0 Å². The van der Waals surface area contributed by atoms with Crippen LogP contribution in [0.4, 0.5) is 11.4 Å². The number of nitrogens with one attached hydrogen (secondary N) is 1. The minimum absolute atomic E-state index is 0.0932. The minimum atomic E-state index is -0.471. The lowest BCUT2D eigenvalue weighted by Gasteiger charge is -2.34.